The molecular formula is C21H16Br2N2O7. The average molecular weight is 568 g/mol. The minimum absolute atomic E-state index is 0.250. The molecule has 0 aromatic heterocycles. The van der Waals surface area contributed by atoms with Crippen LogP contribution in [0.1, 0.15) is 12.5 Å². The second-order valence-electron chi connectivity index (χ2n) is 6.38. The van der Waals surface area contributed by atoms with Gasteiger partial charge in [0.2, 0.25) is 0 Å². The second-order valence-corrected chi connectivity index (χ2v) is 8.09. The molecule has 1 aliphatic rings. The molecule has 1 saturated heterocycles. The van der Waals surface area contributed by atoms with Gasteiger partial charge < -0.3 is 14.6 Å². The number of halogens is 2. The van der Waals surface area contributed by atoms with Crippen molar-refractivity contribution < 1.29 is 33.8 Å². The van der Waals surface area contributed by atoms with Crippen molar-refractivity contribution in [2.24, 2.45) is 0 Å². The lowest BCUT2D eigenvalue weighted by molar-refractivity contribution is -0.139. The summed E-state index contributed by atoms with van der Waals surface area (Å²) in [7, 11) is 0. The van der Waals surface area contributed by atoms with Crippen LogP contribution in [0, 0.1) is 0 Å². The number of barbiturate groups is 1. The molecule has 32 heavy (non-hydrogen) atoms. The van der Waals surface area contributed by atoms with E-state index < -0.39 is 30.4 Å². The van der Waals surface area contributed by atoms with Crippen LogP contribution in [0.4, 0.5) is 10.5 Å². The molecule has 0 radical (unpaired) electrons. The van der Waals surface area contributed by atoms with Crippen LogP contribution in [-0.4, -0.2) is 42.1 Å². The molecule has 2 aromatic rings. The highest BCUT2D eigenvalue weighted by Gasteiger charge is 2.36. The molecule has 0 aliphatic carbocycles. The van der Waals surface area contributed by atoms with Crippen LogP contribution < -0.4 is 19.7 Å². The van der Waals surface area contributed by atoms with Gasteiger partial charge in [-0.05, 0) is 86.8 Å². The lowest BCUT2D eigenvalue weighted by Crippen LogP contribution is -2.54. The molecule has 0 saturated carbocycles. The van der Waals surface area contributed by atoms with E-state index in [1.165, 1.54) is 18.2 Å². The quantitative estimate of drug-likeness (QED) is 0.386. The highest BCUT2D eigenvalue weighted by atomic mass is 79.9. The summed E-state index contributed by atoms with van der Waals surface area (Å²) < 4.78 is 11.4. The Bertz CT molecular complexity index is 1110. The zero-order valence-corrected chi connectivity index (χ0v) is 19.7. The zero-order chi connectivity index (χ0) is 23.4. The Morgan fingerprint density at radius 2 is 1.72 bits per heavy atom. The van der Waals surface area contributed by atoms with Gasteiger partial charge in [-0.25, -0.2) is 14.5 Å². The third-order valence-corrected chi connectivity index (χ3v) is 5.36. The standard InChI is InChI=1S/C21H16Br2N2O7/c1-2-31-13-5-3-12(4-6-13)25-20(29)14(19(28)24-21(25)30)7-11-8-15(22)18(16(23)9-11)32-10-17(26)27/h3-9H,2,10H2,1H3,(H,26,27)(H,24,28,30)/b14-7+. The first kappa shape index (κ1) is 23.5. The number of ether oxygens (including phenoxy) is 2. The number of amides is 4. The maximum atomic E-state index is 13.0. The van der Waals surface area contributed by atoms with Crippen molar-refractivity contribution in [1.29, 1.82) is 0 Å². The van der Waals surface area contributed by atoms with Crippen LogP contribution >= 0.6 is 31.9 Å². The van der Waals surface area contributed by atoms with Crippen molar-refractivity contribution in [3.63, 3.8) is 0 Å². The van der Waals surface area contributed by atoms with Crippen LogP contribution in [0.2, 0.25) is 0 Å². The molecule has 9 nitrogen and oxygen atoms in total. The van der Waals surface area contributed by atoms with Crippen LogP contribution in [-0.2, 0) is 14.4 Å². The number of carbonyl (C=O) groups is 4. The summed E-state index contributed by atoms with van der Waals surface area (Å²) >= 11 is 6.56. The lowest BCUT2D eigenvalue weighted by atomic mass is 10.1. The van der Waals surface area contributed by atoms with E-state index in [-0.39, 0.29) is 17.0 Å². The predicted molar refractivity (Wildman–Crippen MR) is 122 cm³/mol. The minimum atomic E-state index is -1.14. The zero-order valence-electron chi connectivity index (χ0n) is 16.6. The van der Waals surface area contributed by atoms with E-state index in [0.717, 1.165) is 4.90 Å². The van der Waals surface area contributed by atoms with E-state index in [2.05, 4.69) is 37.2 Å². The maximum absolute atomic E-state index is 13.0. The van der Waals surface area contributed by atoms with E-state index in [0.29, 0.717) is 26.9 Å². The summed E-state index contributed by atoms with van der Waals surface area (Å²) in [5, 5.41) is 10.9. The first-order chi connectivity index (χ1) is 15.2. The monoisotopic (exact) mass is 566 g/mol. The summed E-state index contributed by atoms with van der Waals surface area (Å²) in [4.78, 5) is 49.3. The lowest BCUT2D eigenvalue weighted by Gasteiger charge is -2.26. The molecule has 11 heteroatoms. The van der Waals surface area contributed by atoms with Crippen molar-refractivity contribution in [3.8, 4) is 11.5 Å². The van der Waals surface area contributed by atoms with Crippen molar-refractivity contribution >= 4 is 67.4 Å². The van der Waals surface area contributed by atoms with Crippen LogP contribution in [0.25, 0.3) is 6.08 Å². The number of hydrogen-bond donors (Lipinski definition) is 2. The van der Waals surface area contributed by atoms with Crippen molar-refractivity contribution in [2.75, 3.05) is 18.1 Å². The molecule has 166 valence electrons. The first-order valence-electron chi connectivity index (χ1n) is 9.19. The number of carboxylic acids is 1. The van der Waals surface area contributed by atoms with Crippen molar-refractivity contribution in [2.45, 2.75) is 6.92 Å². The summed E-state index contributed by atoms with van der Waals surface area (Å²) in [6.45, 7) is 1.76. The highest BCUT2D eigenvalue weighted by molar-refractivity contribution is 9.11. The number of imide groups is 2. The van der Waals surface area contributed by atoms with Crippen LogP contribution in [0.5, 0.6) is 11.5 Å². The van der Waals surface area contributed by atoms with Crippen LogP contribution in [0.3, 0.4) is 0 Å². The minimum Gasteiger partial charge on any atom is -0.494 e. The van der Waals surface area contributed by atoms with E-state index in [4.69, 9.17) is 14.6 Å². The number of aliphatic carboxylic acids is 1. The molecular weight excluding hydrogens is 552 g/mol. The number of benzene rings is 2. The number of rotatable bonds is 7. The van der Waals surface area contributed by atoms with Gasteiger partial charge in [0.05, 0.1) is 21.2 Å². The molecule has 2 aromatic carbocycles. The van der Waals surface area contributed by atoms with Crippen molar-refractivity contribution in [3.05, 3.63) is 56.5 Å². The molecule has 1 heterocycles. The highest BCUT2D eigenvalue weighted by Crippen LogP contribution is 2.35. The smallest absolute Gasteiger partial charge is 0.341 e. The molecule has 0 spiro atoms. The van der Waals surface area contributed by atoms with Gasteiger partial charge in [-0.1, -0.05) is 0 Å². The molecule has 0 bridgehead atoms. The van der Waals surface area contributed by atoms with Gasteiger partial charge in [-0.3, -0.25) is 14.9 Å². The summed E-state index contributed by atoms with van der Waals surface area (Å²) in [6, 6.07) is 8.54. The van der Waals surface area contributed by atoms with Gasteiger partial charge >= 0.3 is 12.0 Å². The second kappa shape index (κ2) is 9.96. The van der Waals surface area contributed by atoms with E-state index in [1.807, 2.05) is 6.92 Å². The third kappa shape index (κ3) is 5.17. The fraction of sp³-hybridized carbons (Fsp3) is 0.143. The Balaban J connectivity index is 1.93. The molecule has 0 atom stereocenters. The van der Waals surface area contributed by atoms with Gasteiger partial charge in [0, 0.05) is 0 Å². The topological polar surface area (TPSA) is 122 Å². The van der Waals surface area contributed by atoms with E-state index >= 15 is 0 Å². The van der Waals surface area contributed by atoms with E-state index in [1.54, 1.807) is 24.3 Å². The van der Waals surface area contributed by atoms with Gasteiger partial charge in [-0.2, -0.15) is 0 Å². The maximum Gasteiger partial charge on any atom is 0.341 e. The molecule has 1 aliphatic heterocycles. The Morgan fingerprint density at radius 1 is 1.09 bits per heavy atom. The average Bonchev–Trinajstić information content (AvgIpc) is 2.71. The van der Waals surface area contributed by atoms with Gasteiger partial charge in [0.1, 0.15) is 17.1 Å². The predicted octanol–water partition coefficient (Wildman–Crippen LogP) is 3.74. The number of nitrogens with one attached hydrogen (secondary N) is 1. The van der Waals surface area contributed by atoms with Crippen molar-refractivity contribution in [1.82, 2.24) is 5.32 Å². The molecule has 4 amide bonds. The number of urea groups is 1. The van der Waals surface area contributed by atoms with E-state index in [9.17, 15) is 19.2 Å². The Morgan fingerprint density at radius 3 is 2.28 bits per heavy atom. The SMILES string of the molecule is CCOc1ccc(N2C(=O)NC(=O)/C(=C\c3cc(Br)c(OCC(=O)O)c(Br)c3)C2=O)cc1. The Hall–Kier alpha value is -3.18. The van der Waals surface area contributed by atoms with Gasteiger partial charge in [-0.15, -0.1) is 0 Å². The summed E-state index contributed by atoms with van der Waals surface area (Å²) in [5.41, 5.74) is 0.455. The Labute approximate surface area is 199 Å². The number of anilines is 1. The fourth-order valence-corrected chi connectivity index (χ4v) is 4.30. The summed E-state index contributed by atoms with van der Waals surface area (Å²) in [5.74, 6) is -1.94. The number of nitrogens with zero attached hydrogens (tertiary/aromatic N) is 1. The van der Waals surface area contributed by atoms with Gasteiger partial charge in [0.25, 0.3) is 11.8 Å². The Kier molecular flexibility index (Phi) is 7.31. The molecule has 2 N–H and O–H groups in total. The number of carboxylic acid groups (broad SMARTS) is 1. The molecule has 3 rings (SSSR count). The third-order valence-electron chi connectivity index (χ3n) is 4.18. The van der Waals surface area contributed by atoms with Gasteiger partial charge in [0.15, 0.2) is 6.61 Å². The molecule has 1 fully saturated rings. The number of carbonyl (C=O) groups excluding carboxylic acids is 3. The first-order valence-corrected chi connectivity index (χ1v) is 10.8. The van der Waals surface area contributed by atoms with Crippen LogP contribution in [0.15, 0.2) is 50.9 Å². The normalized spacial score (nSPS) is 15.0. The number of hydrogen-bond acceptors (Lipinski definition) is 6. The largest absolute Gasteiger partial charge is 0.494 e. The summed E-state index contributed by atoms with van der Waals surface area (Å²) in [6.07, 6.45) is 1.32. The molecule has 0 unspecified atom stereocenters. The fourth-order valence-electron chi connectivity index (χ4n) is 2.85.